The van der Waals surface area contributed by atoms with E-state index in [4.69, 9.17) is 0 Å². The molecular formula is C27H31N. The number of allylic oxidation sites excluding steroid dienone is 1. The molecule has 0 fully saturated rings. The summed E-state index contributed by atoms with van der Waals surface area (Å²) in [6, 6.07) is 30.8. The molecule has 0 amide bonds. The van der Waals surface area contributed by atoms with Crippen LogP contribution in [0.4, 0.5) is 0 Å². The number of aryl methyl sites for hydroxylation is 1. The molecular weight excluding hydrogens is 338 g/mol. The highest BCUT2D eigenvalue weighted by Gasteiger charge is 2.12. The fourth-order valence-electron chi connectivity index (χ4n) is 3.72. The van der Waals surface area contributed by atoms with Crippen LogP contribution >= 0.6 is 0 Å². The van der Waals surface area contributed by atoms with Crippen LogP contribution in [-0.4, -0.2) is 25.5 Å². The van der Waals surface area contributed by atoms with Gasteiger partial charge in [0.1, 0.15) is 0 Å². The van der Waals surface area contributed by atoms with Crippen molar-refractivity contribution < 1.29 is 0 Å². The first kappa shape index (κ1) is 20.1. The minimum atomic E-state index is 0.999. The first-order valence-electron chi connectivity index (χ1n) is 10.3. The molecule has 0 saturated carbocycles. The van der Waals surface area contributed by atoms with Crippen molar-refractivity contribution in [1.29, 1.82) is 0 Å². The normalized spacial score (nSPS) is 12.1. The van der Waals surface area contributed by atoms with Gasteiger partial charge in [0, 0.05) is 0 Å². The molecule has 0 aromatic heterocycles. The van der Waals surface area contributed by atoms with Crippen molar-refractivity contribution in [3.05, 3.63) is 107 Å². The van der Waals surface area contributed by atoms with Crippen molar-refractivity contribution in [3.63, 3.8) is 0 Å². The smallest absolute Gasteiger partial charge is 0.00217 e. The van der Waals surface area contributed by atoms with E-state index in [0.717, 1.165) is 19.4 Å². The molecule has 3 aromatic rings. The van der Waals surface area contributed by atoms with E-state index in [1.165, 1.54) is 39.8 Å². The fraction of sp³-hybridized carbons (Fsp3) is 0.259. The summed E-state index contributed by atoms with van der Waals surface area (Å²) < 4.78 is 0. The van der Waals surface area contributed by atoms with Crippen LogP contribution in [0.25, 0.3) is 11.1 Å². The zero-order valence-corrected chi connectivity index (χ0v) is 17.4. The predicted molar refractivity (Wildman–Crippen MR) is 122 cm³/mol. The summed E-state index contributed by atoms with van der Waals surface area (Å²) in [7, 11) is 4.27. The molecule has 0 radical (unpaired) electrons. The minimum Gasteiger partial charge on any atom is -0.309 e. The van der Waals surface area contributed by atoms with Crippen LogP contribution in [0, 0.1) is 0 Å². The van der Waals surface area contributed by atoms with Crippen molar-refractivity contribution in [2.45, 2.75) is 26.2 Å². The molecule has 0 bridgehead atoms. The van der Waals surface area contributed by atoms with Gasteiger partial charge >= 0.3 is 0 Å². The first-order valence-corrected chi connectivity index (χ1v) is 10.3. The van der Waals surface area contributed by atoms with Gasteiger partial charge in [-0.1, -0.05) is 91.9 Å². The summed E-state index contributed by atoms with van der Waals surface area (Å²) >= 11 is 0. The van der Waals surface area contributed by atoms with Gasteiger partial charge in [0.05, 0.1) is 0 Å². The van der Waals surface area contributed by atoms with Gasteiger partial charge in [-0.15, -0.1) is 0 Å². The second-order valence-corrected chi connectivity index (χ2v) is 7.54. The molecule has 3 aromatic carbocycles. The summed E-state index contributed by atoms with van der Waals surface area (Å²) in [4.78, 5) is 2.25. The van der Waals surface area contributed by atoms with E-state index in [1.54, 1.807) is 0 Å². The Labute approximate surface area is 170 Å². The quantitative estimate of drug-likeness (QED) is 0.407. The number of hydrogen-bond donors (Lipinski definition) is 0. The van der Waals surface area contributed by atoms with Crippen LogP contribution in [0.5, 0.6) is 0 Å². The predicted octanol–water partition coefficient (Wildman–Crippen LogP) is 6.55. The first-order chi connectivity index (χ1) is 13.7. The summed E-state index contributed by atoms with van der Waals surface area (Å²) in [5.74, 6) is 0. The van der Waals surface area contributed by atoms with Gasteiger partial charge in [-0.2, -0.15) is 0 Å². The highest BCUT2D eigenvalue weighted by Crippen LogP contribution is 2.34. The molecule has 28 heavy (non-hydrogen) atoms. The van der Waals surface area contributed by atoms with Gasteiger partial charge in [-0.25, -0.2) is 0 Å². The number of benzene rings is 3. The zero-order valence-electron chi connectivity index (χ0n) is 17.4. The number of hydrogen-bond acceptors (Lipinski definition) is 1. The van der Waals surface area contributed by atoms with E-state index in [-0.39, 0.29) is 0 Å². The van der Waals surface area contributed by atoms with Crippen LogP contribution in [0.15, 0.2) is 84.9 Å². The molecule has 1 heteroatoms. The Hall–Kier alpha value is -2.64. The summed E-state index contributed by atoms with van der Waals surface area (Å²) in [5.41, 5.74) is 8.03. The van der Waals surface area contributed by atoms with Crippen molar-refractivity contribution >= 4 is 11.1 Å². The third-order valence-electron chi connectivity index (χ3n) is 5.15. The molecule has 144 valence electrons. The lowest BCUT2D eigenvalue weighted by atomic mass is 9.88. The largest absolute Gasteiger partial charge is 0.309 e. The summed E-state index contributed by atoms with van der Waals surface area (Å²) in [6.45, 7) is 3.38. The average molecular weight is 370 g/mol. The van der Waals surface area contributed by atoms with E-state index in [0.29, 0.717) is 0 Å². The zero-order chi connectivity index (χ0) is 19.8. The Morgan fingerprint density at radius 3 is 1.75 bits per heavy atom. The van der Waals surface area contributed by atoms with Crippen LogP contribution in [0.3, 0.4) is 0 Å². The van der Waals surface area contributed by atoms with Gasteiger partial charge in [-0.05, 0) is 73.3 Å². The van der Waals surface area contributed by atoms with Gasteiger partial charge in [0.15, 0.2) is 0 Å². The van der Waals surface area contributed by atoms with Crippen LogP contribution in [0.1, 0.15) is 42.0 Å². The standard InChI is InChI=1S/C27H31N/c1-4-26(23-13-7-5-8-14-23)27(24-15-9-6-10-16-24)25-19-17-22(18-20-25)12-11-21-28(2)3/h5-10,13-20H,4,11-12,21H2,1-3H3/b27-26-. The van der Waals surface area contributed by atoms with Crippen molar-refractivity contribution in [1.82, 2.24) is 4.90 Å². The number of rotatable bonds is 8. The third kappa shape index (κ3) is 5.21. The molecule has 0 unspecified atom stereocenters. The van der Waals surface area contributed by atoms with Crippen LogP contribution in [-0.2, 0) is 6.42 Å². The molecule has 0 aliphatic heterocycles. The van der Waals surface area contributed by atoms with E-state index in [1.807, 2.05) is 0 Å². The monoisotopic (exact) mass is 369 g/mol. The summed E-state index contributed by atoms with van der Waals surface area (Å²) in [5, 5.41) is 0. The molecule has 0 aliphatic rings. The lowest BCUT2D eigenvalue weighted by Gasteiger charge is -2.17. The van der Waals surface area contributed by atoms with Crippen LogP contribution < -0.4 is 0 Å². The maximum Gasteiger partial charge on any atom is -0.00217 e. The molecule has 0 saturated heterocycles. The highest BCUT2D eigenvalue weighted by atomic mass is 15.0. The average Bonchev–Trinajstić information content (AvgIpc) is 2.73. The SMILES string of the molecule is CC/C(=C(\c1ccccc1)c1ccc(CCCN(C)C)cc1)c1ccccc1. The molecule has 0 atom stereocenters. The Kier molecular flexibility index (Phi) is 7.22. The van der Waals surface area contributed by atoms with Crippen LogP contribution in [0.2, 0.25) is 0 Å². The van der Waals surface area contributed by atoms with Gasteiger partial charge in [0.25, 0.3) is 0 Å². The maximum absolute atomic E-state index is 2.30. The van der Waals surface area contributed by atoms with Gasteiger partial charge in [-0.3, -0.25) is 0 Å². The second kappa shape index (κ2) is 10.1. The second-order valence-electron chi connectivity index (χ2n) is 7.54. The van der Waals surface area contributed by atoms with E-state index in [2.05, 4.69) is 111 Å². The molecule has 0 spiro atoms. The maximum atomic E-state index is 2.30. The van der Waals surface area contributed by atoms with E-state index < -0.39 is 0 Å². The molecule has 1 nitrogen and oxygen atoms in total. The lowest BCUT2D eigenvalue weighted by Crippen LogP contribution is -2.13. The van der Waals surface area contributed by atoms with Crippen molar-refractivity contribution in [3.8, 4) is 0 Å². The van der Waals surface area contributed by atoms with E-state index >= 15 is 0 Å². The molecule has 0 N–H and O–H groups in total. The Morgan fingerprint density at radius 2 is 1.21 bits per heavy atom. The topological polar surface area (TPSA) is 3.24 Å². The molecule has 3 rings (SSSR count). The van der Waals surface area contributed by atoms with Crippen molar-refractivity contribution in [2.24, 2.45) is 0 Å². The fourth-order valence-corrected chi connectivity index (χ4v) is 3.72. The molecule has 0 aliphatic carbocycles. The third-order valence-corrected chi connectivity index (χ3v) is 5.15. The number of nitrogens with zero attached hydrogens (tertiary/aromatic N) is 1. The Bertz CT molecular complexity index is 875. The van der Waals surface area contributed by atoms with Gasteiger partial charge in [0.2, 0.25) is 0 Å². The highest BCUT2D eigenvalue weighted by molar-refractivity contribution is 5.98. The molecule has 0 heterocycles. The lowest BCUT2D eigenvalue weighted by molar-refractivity contribution is 0.400. The van der Waals surface area contributed by atoms with Crippen molar-refractivity contribution in [2.75, 3.05) is 20.6 Å². The Balaban J connectivity index is 2.00. The van der Waals surface area contributed by atoms with E-state index in [9.17, 15) is 0 Å². The van der Waals surface area contributed by atoms with Gasteiger partial charge < -0.3 is 4.90 Å². The summed E-state index contributed by atoms with van der Waals surface area (Å²) in [6.07, 6.45) is 3.32. The Morgan fingerprint density at radius 1 is 0.679 bits per heavy atom. The minimum absolute atomic E-state index is 0.999.